The zero-order valence-electron chi connectivity index (χ0n) is 10.4. The number of hydrogen-bond donors (Lipinski definition) is 2. The minimum atomic E-state index is -0.814. The van der Waals surface area contributed by atoms with Gasteiger partial charge >= 0.3 is 0 Å². The van der Waals surface area contributed by atoms with Gasteiger partial charge in [-0.3, -0.25) is 4.79 Å². The van der Waals surface area contributed by atoms with Crippen LogP contribution >= 0.6 is 0 Å². The highest BCUT2D eigenvalue weighted by Crippen LogP contribution is 2.17. The molecule has 0 heterocycles. The zero-order valence-corrected chi connectivity index (χ0v) is 10.4. The molecular weight excluding hydrogens is 194 g/mol. The molecule has 0 aliphatic carbocycles. The summed E-state index contributed by atoms with van der Waals surface area (Å²) in [7, 11) is 1.52. The Hall–Kier alpha value is -0.610. The molecule has 0 aliphatic heterocycles. The molecule has 0 fully saturated rings. The highest BCUT2D eigenvalue weighted by atomic mass is 16.5. The standard InChI is InChI=1S/C11H23NO3/c1-6-10(3,8-13)12-9(14)11(4,7-2)15-5/h13H,6-8H2,1-5H3,(H,12,14). The van der Waals surface area contributed by atoms with Crippen molar-refractivity contribution in [3.05, 3.63) is 0 Å². The van der Waals surface area contributed by atoms with E-state index in [9.17, 15) is 9.90 Å². The molecule has 2 N–H and O–H groups in total. The maximum absolute atomic E-state index is 11.9. The summed E-state index contributed by atoms with van der Waals surface area (Å²) in [6.07, 6.45) is 1.28. The Bertz CT molecular complexity index is 208. The number of amides is 1. The fraction of sp³-hybridized carbons (Fsp3) is 0.909. The summed E-state index contributed by atoms with van der Waals surface area (Å²) in [6, 6.07) is 0. The lowest BCUT2D eigenvalue weighted by Crippen LogP contribution is -2.56. The number of aliphatic hydroxyl groups excluding tert-OH is 1. The molecule has 2 unspecified atom stereocenters. The molecule has 0 aromatic rings. The minimum absolute atomic E-state index is 0.0707. The van der Waals surface area contributed by atoms with Crippen LogP contribution in [0.3, 0.4) is 0 Å². The van der Waals surface area contributed by atoms with Gasteiger partial charge in [0.15, 0.2) is 0 Å². The molecule has 0 radical (unpaired) electrons. The summed E-state index contributed by atoms with van der Waals surface area (Å²) in [4.78, 5) is 11.9. The van der Waals surface area contributed by atoms with Crippen molar-refractivity contribution in [3.8, 4) is 0 Å². The van der Waals surface area contributed by atoms with Crippen molar-refractivity contribution < 1.29 is 14.6 Å². The quantitative estimate of drug-likeness (QED) is 0.700. The Morgan fingerprint density at radius 3 is 2.13 bits per heavy atom. The van der Waals surface area contributed by atoms with Gasteiger partial charge < -0.3 is 15.2 Å². The van der Waals surface area contributed by atoms with Crippen LogP contribution in [0.5, 0.6) is 0 Å². The van der Waals surface area contributed by atoms with Gasteiger partial charge in [-0.1, -0.05) is 13.8 Å². The SMILES string of the molecule is CCC(C)(CO)NC(=O)C(C)(CC)OC. The molecule has 0 rings (SSSR count). The van der Waals surface area contributed by atoms with Gasteiger partial charge in [0.05, 0.1) is 12.1 Å². The Morgan fingerprint density at radius 1 is 1.33 bits per heavy atom. The number of carbonyl (C=O) groups excluding carboxylic acids is 1. The zero-order chi connectivity index (χ0) is 12.1. The van der Waals surface area contributed by atoms with Gasteiger partial charge in [-0.2, -0.15) is 0 Å². The largest absolute Gasteiger partial charge is 0.394 e. The smallest absolute Gasteiger partial charge is 0.252 e. The molecule has 1 amide bonds. The monoisotopic (exact) mass is 217 g/mol. The van der Waals surface area contributed by atoms with Gasteiger partial charge in [-0.05, 0) is 26.7 Å². The van der Waals surface area contributed by atoms with E-state index in [1.165, 1.54) is 7.11 Å². The van der Waals surface area contributed by atoms with Crippen molar-refractivity contribution in [3.63, 3.8) is 0 Å². The van der Waals surface area contributed by atoms with Crippen LogP contribution in [-0.2, 0) is 9.53 Å². The van der Waals surface area contributed by atoms with E-state index in [1.54, 1.807) is 6.92 Å². The Morgan fingerprint density at radius 2 is 1.87 bits per heavy atom. The second-order valence-electron chi connectivity index (χ2n) is 4.31. The second kappa shape index (κ2) is 5.47. The molecule has 90 valence electrons. The third kappa shape index (κ3) is 3.47. The predicted molar refractivity (Wildman–Crippen MR) is 59.6 cm³/mol. The van der Waals surface area contributed by atoms with Crippen molar-refractivity contribution in [2.75, 3.05) is 13.7 Å². The molecule has 0 aromatic carbocycles. The summed E-state index contributed by atoms with van der Waals surface area (Å²) in [5.41, 5.74) is -1.38. The molecule has 4 heteroatoms. The van der Waals surface area contributed by atoms with Gasteiger partial charge in [-0.25, -0.2) is 0 Å². The van der Waals surface area contributed by atoms with E-state index in [0.29, 0.717) is 12.8 Å². The fourth-order valence-corrected chi connectivity index (χ4v) is 1.04. The summed E-state index contributed by atoms with van der Waals surface area (Å²) < 4.78 is 5.19. The van der Waals surface area contributed by atoms with E-state index in [2.05, 4.69) is 5.32 Å². The first kappa shape index (κ1) is 14.4. The van der Waals surface area contributed by atoms with E-state index < -0.39 is 11.1 Å². The average Bonchev–Trinajstić information content (AvgIpc) is 2.27. The van der Waals surface area contributed by atoms with Crippen LogP contribution < -0.4 is 5.32 Å². The van der Waals surface area contributed by atoms with Crippen LogP contribution in [0.4, 0.5) is 0 Å². The van der Waals surface area contributed by atoms with Crippen molar-refractivity contribution in [2.45, 2.75) is 51.7 Å². The molecule has 0 bridgehead atoms. The van der Waals surface area contributed by atoms with E-state index in [0.717, 1.165) is 0 Å². The van der Waals surface area contributed by atoms with Crippen LogP contribution in [0.2, 0.25) is 0 Å². The van der Waals surface area contributed by atoms with Gasteiger partial charge in [0.25, 0.3) is 5.91 Å². The molecule has 0 aromatic heterocycles. The number of aliphatic hydroxyl groups is 1. The first-order chi connectivity index (χ1) is 6.87. The normalized spacial score (nSPS) is 19.1. The van der Waals surface area contributed by atoms with Crippen LogP contribution in [0, 0.1) is 0 Å². The van der Waals surface area contributed by atoms with Crippen LogP contribution in [-0.4, -0.2) is 35.9 Å². The molecule has 0 saturated heterocycles. The van der Waals surface area contributed by atoms with Crippen molar-refractivity contribution in [2.24, 2.45) is 0 Å². The Balaban J connectivity index is 4.60. The Labute approximate surface area is 92.0 Å². The van der Waals surface area contributed by atoms with Crippen molar-refractivity contribution in [1.82, 2.24) is 5.32 Å². The van der Waals surface area contributed by atoms with Crippen molar-refractivity contribution in [1.29, 1.82) is 0 Å². The van der Waals surface area contributed by atoms with Crippen LogP contribution in [0.1, 0.15) is 40.5 Å². The summed E-state index contributed by atoms with van der Waals surface area (Å²) in [5.74, 6) is -0.175. The molecule has 2 atom stereocenters. The average molecular weight is 217 g/mol. The highest BCUT2D eigenvalue weighted by Gasteiger charge is 2.35. The lowest BCUT2D eigenvalue weighted by molar-refractivity contribution is -0.144. The highest BCUT2D eigenvalue weighted by molar-refractivity contribution is 5.85. The molecule has 0 spiro atoms. The maximum atomic E-state index is 11.9. The van der Waals surface area contributed by atoms with Gasteiger partial charge in [0, 0.05) is 7.11 Å². The van der Waals surface area contributed by atoms with E-state index in [4.69, 9.17) is 4.74 Å². The number of carbonyl (C=O) groups is 1. The molecule has 0 aliphatic rings. The number of methoxy groups -OCH3 is 1. The number of ether oxygens (including phenoxy) is 1. The van der Waals surface area contributed by atoms with Crippen molar-refractivity contribution >= 4 is 5.91 Å². The third-order valence-corrected chi connectivity index (χ3v) is 3.15. The first-order valence-corrected chi connectivity index (χ1v) is 5.36. The van der Waals surface area contributed by atoms with Crippen LogP contribution in [0.15, 0.2) is 0 Å². The lowest BCUT2D eigenvalue weighted by atomic mass is 9.96. The van der Waals surface area contributed by atoms with E-state index in [-0.39, 0.29) is 12.5 Å². The minimum Gasteiger partial charge on any atom is -0.394 e. The van der Waals surface area contributed by atoms with E-state index in [1.807, 2.05) is 20.8 Å². The predicted octanol–water partition coefficient (Wildman–Crippen LogP) is 1.08. The number of rotatable bonds is 6. The van der Waals surface area contributed by atoms with Gasteiger partial charge in [0.1, 0.15) is 5.60 Å². The number of nitrogens with one attached hydrogen (secondary N) is 1. The molecule has 0 saturated carbocycles. The third-order valence-electron chi connectivity index (χ3n) is 3.15. The maximum Gasteiger partial charge on any atom is 0.252 e. The molecular formula is C11H23NO3. The Kier molecular flexibility index (Phi) is 5.24. The van der Waals surface area contributed by atoms with Crippen LogP contribution in [0.25, 0.3) is 0 Å². The number of hydrogen-bond acceptors (Lipinski definition) is 3. The topological polar surface area (TPSA) is 58.6 Å². The summed E-state index contributed by atoms with van der Waals surface area (Å²) in [5, 5.41) is 12.0. The van der Waals surface area contributed by atoms with Gasteiger partial charge in [-0.15, -0.1) is 0 Å². The van der Waals surface area contributed by atoms with Gasteiger partial charge in [0.2, 0.25) is 0 Å². The second-order valence-corrected chi connectivity index (χ2v) is 4.31. The van der Waals surface area contributed by atoms with E-state index >= 15 is 0 Å². The molecule has 15 heavy (non-hydrogen) atoms. The summed E-state index contributed by atoms with van der Waals surface area (Å²) in [6.45, 7) is 7.31. The summed E-state index contributed by atoms with van der Waals surface area (Å²) >= 11 is 0. The fourth-order valence-electron chi connectivity index (χ4n) is 1.04. The first-order valence-electron chi connectivity index (χ1n) is 5.36. The molecule has 4 nitrogen and oxygen atoms in total. The lowest BCUT2D eigenvalue weighted by Gasteiger charge is -2.33.